The quantitative estimate of drug-likeness (QED) is 0.896. The maximum atomic E-state index is 6.15. The molecule has 0 saturated carbocycles. The first-order valence-electron chi connectivity index (χ1n) is 5.31. The smallest absolute Gasteiger partial charge is 0.176 e. The van der Waals surface area contributed by atoms with E-state index in [4.69, 9.17) is 17.3 Å². The highest BCUT2D eigenvalue weighted by atomic mass is 35.5. The van der Waals surface area contributed by atoms with Crippen molar-refractivity contribution in [1.29, 1.82) is 0 Å². The molecule has 0 aliphatic heterocycles. The Morgan fingerprint density at radius 2 is 2.24 bits per heavy atom. The Bertz CT molecular complexity index is 522. The van der Waals surface area contributed by atoms with E-state index in [0.29, 0.717) is 17.3 Å². The topological polar surface area (TPSA) is 69.6 Å². The number of aryl methyl sites for hydroxylation is 2. The standard InChI is InChI=1S/C11H14ClN5/c1-7-3-4-8(9(12)5-7)10(13)6-11-14-16-17(2)15-11/h3-5,10H,6,13H2,1-2H3. The highest BCUT2D eigenvalue weighted by molar-refractivity contribution is 6.31. The zero-order valence-electron chi connectivity index (χ0n) is 9.76. The van der Waals surface area contributed by atoms with Crippen LogP contribution in [0.1, 0.15) is 23.0 Å². The maximum Gasteiger partial charge on any atom is 0.176 e. The van der Waals surface area contributed by atoms with Crippen molar-refractivity contribution in [2.45, 2.75) is 19.4 Å². The van der Waals surface area contributed by atoms with Gasteiger partial charge in [-0.3, -0.25) is 0 Å². The van der Waals surface area contributed by atoms with Gasteiger partial charge in [0.1, 0.15) is 0 Å². The lowest BCUT2D eigenvalue weighted by Crippen LogP contribution is -2.15. The van der Waals surface area contributed by atoms with Crippen molar-refractivity contribution < 1.29 is 0 Å². The Kier molecular flexibility index (Phi) is 3.40. The molecule has 0 bridgehead atoms. The van der Waals surface area contributed by atoms with Crippen LogP contribution in [0.15, 0.2) is 18.2 Å². The van der Waals surface area contributed by atoms with E-state index in [2.05, 4.69) is 15.4 Å². The van der Waals surface area contributed by atoms with E-state index in [1.165, 1.54) is 4.80 Å². The molecule has 1 aromatic heterocycles. The summed E-state index contributed by atoms with van der Waals surface area (Å²) >= 11 is 6.15. The fourth-order valence-corrected chi connectivity index (χ4v) is 2.02. The van der Waals surface area contributed by atoms with Crippen molar-refractivity contribution in [3.8, 4) is 0 Å². The summed E-state index contributed by atoms with van der Waals surface area (Å²) in [6, 6.07) is 5.62. The van der Waals surface area contributed by atoms with Gasteiger partial charge in [-0.05, 0) is 29.3 Å². The predicted octanol–water partition coefficient (Wildman–Crippen LogP) is 1.41. The number of hydrogen-bond donors (Lipinski definition) is 1. The summed E-state index contributed by atoms with van der Waals surface area (Å²) < 4.78 is 0. The average molecular weight is 252 g/mol. The van der Waals surface area contributed by atoms with Crippen LogP contribution in [0.25, 0.3) is 0 Å². The van der Waals surface area contributed by atoms with Crippen LogP contribution in [0.3, 0.4) is 0 Å². The average Bonchev–Trinajstić information content (AvgIpc) is 2.63. The third kappa shape index (κ3) is 2.81. The van der Waals surface area contributed by atoms with E-state index in [1.54, 1.807) is 7.05 Å². The van der Waals surface area contributed by atoms with Crippen LogP contribution < -0.4 is 5.73 Å². The summed E-state index contributed by atoms with van der Waals surface area (Å²) in [4.78, 5) is 1.42. The molecule has 2 N–H and O–H groups in total. The van der Waals surface area contributed by atoms with Crippen LogP contribution in [0.2, 0.25) is 5.02 Å². The van der Waals surface area contributed by atoms with Gasteiger partial charge in [-0.2, -0.15) is 4.80 Å². The number of nitrogens with zero attached hydrogens (tertiary/aromatic N) is 4. The highest BCUT2D eigenvalue weighted by Crippen LogP contribution is 2.24. The molecule has 17 heavy (non-hydrogen) atoms. The summed E-state index contributed by atoms with van der Waals surface area (Å²) in [5.41, 5.74) is 8.11. The Morgan fingerprint density at radius 3 is 2.82 bits per heavy atom. The molecule has 0 aliphatic carbocycles. The van der Waals surface area contributed by atoms with Crippen molar-refractivity contribution in [1.82, 2.24) is 20.2 Å². The molecule has 1 unspecified atom stereocenters. The largest absolute Gasteiger partial charge is 0.324 e. The first kappa shape index (κ1) is 12.0. The van der Waals surface area contributed by atoms with Crippen LogP contribution in [-0.4, -0.2) is 20.2 Å². The van der Waals surface area contributed by atoms with Crippen molar-refractivity contribution in [2.24, 2.45) is 12.8 Å². The van der Waals surface area contributed by atoms with Crippen molar-refractivity contribution in [3.05, 3.63) is 40.2 Å². The van der Waals surface area contributed by atoms with Crippen molar-refractivity contribution in [2.75, 3.05) is 0 Å². The molecule has 0 saturated heterocycles. The van der Waals surface area contributed by atoms with Crippen molar-refractivity contribution in [3.63, 3.8) is 0 Å². The molecule has 0 radical (unpaired) electrons. The highest BCUT2D eigenvalue weighted by Gasteiger charge is 2.13. The Labute approximate surface area is 105 Å². The molecule has 0 aliphatic rings. The second-order valence-electron chi connectivity index (χ2n) is 4.03. The summed E-state index contributed by atoms with van der Waals surface area (Å²) in [5.74, 6) is 0.622. The van der Waals surface area contributed by atoms with Gasteiger partial charge in [0.05, 0.1) is 7.05 Å². The molecule has 0 amide bonds. The number of aromatic nitrogens is 4. The van der Waals surface area contributed by atoms with Gasteiger partial charge in [0.15, 0.2) is 5.82 Å². The third-order valence-corrected chi connectivity index (χ3v) is 2.83. The lowest BCUT2D eigenvalue weighted by molar-refractivity contribution is 0.622. The molecule has 0 fully saturated rings. The summed E-state index contributed by atoms with van der Waals surface area (Å²) in [6.45, 7) is 1.99. The minimum atomic E-state index is -0.215. The van der Waals surface area contributed by atoms with Crippen LogP contribution in [0.5, 0.6) is 0 Å². The molecule has 0 spiro atoms. The van der Waals surface area contributed by atoms with E-state index in [-0.39, 0.29) is 6.04 Å². The van der Waals surface area contributed by atoms with Gasteiger partial charge in [-0.1, -0.05) is 23.7 Å². The summed E-state index contributed by atoms with van der Waals surface area (Å²) in [5, 5.41) is 12.5. The summed E-state index contributed by atoms with van der Waals surface area (Å²) in [7, 11) is 1.72. The molecule has 5 nitrogen and oxygen atoms in total. The Hall–Kier alpha value is -1.46. The van der Waals surface area contributed by atoms with Crippen LogP contribution in [0.4, 0.5) is 0 Å². The minimum Gasteiger partial charge on any atom is -0.324 e. The normalized spacial score (nSPS) is 12.7. The van der Waals surface area contributed by atoms with Gasteiger partial charge in [-0.25, -0.2) is 0 Å². The fraction of sp³-hybridized carbons (Fsp3) is 0.364. The number of tetrazole rings is 1. The molecule has 2 aromatic rings. The maximum absolute atomic E-state index is 6.15. The first-order chi connectivity index (χ1) is 8.06. The predicted molar refractivity (Wildman–Crippen MR) is 65.6 cm³/mol. The number of benzene rings is 1. The zero-order chi connectivity index (χ0) is 12.4. The number of halogens is 1. The summed E-state index contributed by atoms with van der Waals surface area (Å²) in [6.07, 6.45) is 0.524. The zero-order valence-corrected chi connectivity index (χ0v) is 10.5. The van der Waals surface area contributed by atoms with Crippen molar-refractivity contribution >= 4 is 11.6 Å². The Morgan fingerprint density at radius 1 is 1.47 bits per heavy atom. The van der Waals surface area contributed by atoms with Gasteiger partial charge < -0.3 is 5.73 Å². The van der Waals surface area contributed by atoms with Gasteiger partial charge in [0.2, 0.25) is 0 Å². The monoisotopic (exact) mass is 251 g/mol. The van der Waals surface area contributed by atoms with E-state index in [0.717, 1.165) is 11.1 Å². The van der Waals surface area contributed by atoms with E-state index in [1.807, 2.05) is 25.1 Å². The lowest BCUT2D eigenvalue weighted by Gasteiger charge is -2.12. The van der Waals surface area contributed by atoms with Crippen LogP contribution in [-0.2, 0) is 13.5 Å². The Balaban J connectivity index is 2.17. The number of nitrogens with two attached hydrogens (primary N) is 1. The van der Waals surface area contributed by atoms with E-state index >= 15 is 0 Å². The molecular formula is C11H14ClN5. The van der Waals surface area contributed by atoms with Gasteiger partial charge >= 0.3 is 0 Å². The van der Waals surface area contributed by atoms with Crippen LogP contribution in [0, 0.1) is 6.92 Å². The van der Waals surface area contributed by atoms with Gasteiger partial charge in [0, 0.05) is 17.5 Å². The third-order valence-electron chi connectivity index (χ3n) is 2.51. The van der Waals surface area contributed by atoms with E-state index < -0.39 is 0 Å². The SMILES string of the molecule is Cc1ccc(C(N)Cc2nnn(C)n2)c(Cl)c1. The molecule has 1 aromatic carbocycles. The molecule has 1 heterocycles. The minimum absolute atomic E-state index is 0.215. The molecular weight excluding hydrogens is 238 g/mol. The molecule has 90 valence electrons. The lowest BCUT2D eigenvalue weighted by atomic mass is 10.0. The van der Waals surface area contributed by atoms with E-state index in [9.17, 15) is 0 Å². The second-order valence-corrected chi connectivity index (χ2v) is 4.44. The number of hydrogen-bond acceptors (Lipinski definition) is 4. The second kappa shape index (κ2) is 4.81. The molecule has 1 atom stereocenters. The van der Waals surface area contributed by atoms with Gasteiger partial charge in [0.25, 0.3) is 0 Å². The number of rotatable bonds is 3. The molecule has 2 rings (SSSR count). The van der Waals surface area contributed by atoms with Crippen LogP contribution >= 0.6 is 11.6 Å². The van der Waals surface area contributed by atoms with Gasteiger partial charge in [-0.15, -0.1) is 10.2 Å². The first-order valence-corrected chi connectivity index (χ1v) is 5.68. The fourth-order valence-electron chi connectivity index (χ4n) is 1.64. The molecule has 6 heteroatoms.